The second-order valence-electron chi connectivity index (χ2n) is 5.65. The number of carbonyl (C=O) groups is 1. The molecule has 6 nitrogen and oxygen atoms in total. The summed E-state index contributed by atoms with van der Waals surface area (Å²) in [5, 5.41) is 6.60. The van der Waals surface area contributed by atoms with E-state index < -0.39 is 0 Å². The Bertz CT molecular complexity index is 441. The van der Waals surface area contributed by atoms with Crippen molar-refractivity contribution in [2.45, 2.75) is 38.6 Å². The standard InChI is InChI=1S/C12H20N4O2S.ClH/c1-12(2,3)10-15-11(19-16-10)14-9(17)6-8-7-18-5-4-13-8;/h8,13H,4-7H2,1-3H3,(H,14,15,16,17);1H. The van der Waals surface area contributed by atoms with Crippen LogP contribution in [0.5, 0.6) is 0 Å². The van der Waals surface area contributed by atoms with E-state index in [-0.39, 0.29) is 29.8 Å². The van der Waals surface area contributed by atoms with Gasteiger partial charge in [0.2, 0.25) is 11.0 Å². The van der Waals surface area contributed by atoms with E-state index in [4.69, 9.17) is 4.74 Å². The van der Waals surface area contributed by atoms with Crippen LogP contribution in [0.3, 0.4) is 0 Å². The molecular formula is C12H21ClN4O2S. The smallest absolute Gasteiger partial charge is 0.227 e. The summed E-state index contributed by atoms with van der Waals surface area (Å²) in [7, 11) is 0. The number of rotatable bonds is 3. The molecule has 1 amide bonds. The lowest BCUT2D eigenvalue weighted by molar-refractivity contribution is -0.117. The molecule has 1 saturated heterocycles. The number of halogens is 1. The average Bonchev–Trinajstić information content (AvgIpc) is 2.78. The van der Waals surface area contributed by atoms with Gasteiger partial charge in [-0.05, 0) is 0 Å². The molecular weight excluding hydrogens is 300 g/mol. The molecule has 0 spiro atoms. The molecule has 2 N–H and O–H groups in total. The van der Waals surface area contributed by atoms with E-state index in [9.17, 15) is 4.79 Å². The molecule has 8 heteroatoms. The van der Waals surface area contributed by atoms with Crippen LogP contribution < -0.4 is 10.6 Å². The lowest BCUT2D eigenvalue weighted by Gasteiger charge is -2.22. The van der Waals surface area contributed by atoms with Gasteiger partial charge in [-0.1, -0.05) is 20.8 Å². The summed E-state index contributed by atoms with van der Waals surface area (Å²) in [5.41, 5.74) is -0.0990. The molecule has 1 atom stereocenters. The molecule has 20 heavy (non-hydrogen) atoms. The van der Waals surface area contributed by atoms with Crippen LogP contribution in [0.15, 0.2) is 0 Å². The molecule has 0 bridgehead atoms. The van der Waals surface area contributed by atoms with Gasteiger partial charge in [0.05, 0.1) is 13.2 Å². The molecule has 2 heterocycles. The van der Waals surface area contributed by atoms with Crippen molar-refractivity contribution in [3.8, 4) is 0 Å². The fourth-order valence-corrected chi connectivity index (χ4v) is 2.50. The third-order valence-electron chi connectivity index (χ3n) is 2.77. The van der Waals surface area contributed by atoms with Crippen LogP contribution >= 0.6 is 23.9 Å². The van der Waals surface area contributed by atoms with Gasteiger partial charge in [-0.25, -0.2) is 4.98 Å². The first kappa shape index (κ1) is 17.3. The maximum atomic E-state index is 11.9. The summed E-state index contributed by atoms with van der Waals surface area (Å²) in [5.74, 6) is 0.700. The quantitative estimate of drug-likeness (QED) is 0.884. The van der Waals surface area contributed by atoms with Crippen molar-refractivity contribution in [2.24, 2.45) is 0 Å². The van der Waals surface area contributed by atoms with Crippen LogP contribution in [0.1, 0.15) is 33.0 Å². The second-order valence-corrected chi connectivity index (χ2v) is 6.40. The van der Waals surface area contributed by atoms with Crippen LogP contribution in [0.25, 0.3) is 0 Å². The fraction of sp³-hybridized carbons (Fsp3) is 0.750. The van der Waals surface area contributed by atoms with Crippen LogP contribution in [-0.4, -0.2) is 41.1 Å². The number of ether oxygens (including phenoxy) is 1. The Morgan fingerprint density at radius 2 is 2.30 bits per heavy atom. The zero-order valence-corrected chi connectivity index (χ0v) is 13.6. The predicted molar refractivity (Wildman–Crippen MR) is 81.7 cm³/mol. The first-order valence-electron chi connectivity index (χ1n) is 6.40. The molecule has 0 saturated carbocycles. The van der Waals surface area contributed by atoms with Crippen LogP contribution in [0, 0.1) is 0 Å². The van der Waals surface area contributed by atoms with Crippen molar-refractivity contribution >= 4 is 35.0 Å². The van der Waals surface area contributed by atoms with Crippen LogP contribution in [-0.2, 0) is 14.9 Å². The zero-order valence-electron chi connectivity index (χ0n) is 11.9. The van der Waals surface area contributed by atoms with Crippen LogP contribution in [0.4, 0.5) is 5.13 Å². The van der Waals surface area contributed by atoms with Crippen molar-refractivity contribution < 1.29 is 9.53 Å². The van der Waals surface area contributed by atoms with E-state index in [0.29, 0.717) is 24.8 Å². The third-order valence-corrected chi connectivity index (χ3v) is 3.40. The highest BCUT2D eigenvalue weighted by atomic mass is 35.5. The summed E-state index contributed by atoms with van der Waals surface area (Å²) in [6, 6.07) is 0.0868. The van der Waals surface area contributed by atoms with Gasteiger partial charge in [-0.3, -0.25) is 4.79 Å². The number of anilines is 1. The first-order valence-corrected chi connectivity index (χ1v) is 7.17. The SMILES string of the molecule is CC(C)(C)c1nsc(NC(=O)CC2COCCN2)n1.Cl. The molecule has 114 valence electrons. The lowest BCUT2D eigenvalue weighted by Crippen LogP contribution is -2.43. The molecule has 1 aromatic heterocycles. The van der Waals surface area contributed by atoms with E-state index in [0.717, 1.165) is 12.4 Å². The Kier molecular flexibility index (Phi) is 6.32. The highest BCUT2D eigenvalue weighted by Gasteiger charge is 2.21. The van der Waals surface area contributed by atoms with Gasteiger partial charge in [0.25, 0.3) is 0 Å². The molecule has 2 rings (SSSR count). The molecule has 1 aliphatic heterocycles. The van der Waals surface area contributed by atoms with Gasteiger partial charge in [-0.2, -0.15) is 4.37 Å². The number of amides is 1. The molecule has 1 aromatic rings. The molecule has 1 aliphatic rings. The Morgan fingerprint density at radius 1 is 1.55 bits per heavy atom. The minimum absolute atomic E-state index is 0. The van der Waals surface area contributed by atoms with Gasteiger partial charge in [-0.15, -0.1) is 12.4 Å². The number of carbonyl (C=O) groups excluding carboxylic acids is 1. The summed E-state index contributed by atoms with van der Waals surface area (Å²) >= 11 is 1.22. The summed E-state index contributed by atoms with van der Waals surface area (Å²) < 4.78 is 9.58. The number of hydrogen-bond acceptors (Lipinski definition) is 6. The highest BCUT2D eigenvalue weighted by molar-refractivity contribution is 7.09. The van der Waals surface area contributed by atoms with Crippen molar-refractivity contribution in [1.29, 1.82) is 0 Å². The molecule has 0 aliphatic carbocycles. The number of nitrogens with one attached hydrogen (secondary N) is 2. The maximum Gasteiger partial charge on any atom is 0.227 e. The lowest BCUT2D eigenvalue weighted by atomic mass is 9.96. The largest absolute Gasteiger partial charge is 0.378 e. The Hall–Kier alpha value is -0.760. The van der Waals surface area contributed by atoms with Gasteiger partial charge in [0.15, 0.2) is 0 Å². The van der Waals surface area contributed by atoms with Gasteiger partial charge in [0, 0.05) is 36.0 Å². The summed E-state index contributed by atoms with van der Waals surface area (Å²) in [4.78, 5) is 16.2. The van der Waals surface area contributed by atoms with Crippen LogP contribution in [0.2, 0.25) is 0 Å². The monoisotopic (exact) mass is 320 g/mol. The van der Waals surface area contributed by atoms with Crippen molar-refractivity contribution in [3.63, 3.8) is 0 Å². The third kappa shape index (κ3) is 4.97. The predicted octanol–water partition coefficient (Wildman–Crippen LogP) is 1.57. The van der Waals surface area contributed by atoms with E-state index in [1.807, 2.05) is 20.8 Å². The van der Waals surface area contributed by atoms with E-state index in [1.54, 1.807) is 0 Å². The van der Waals surface area contributed by atoms with Gasteiger partial charge < -0.3 is 15.4 Å². The van der Waals surface area contributed by atoms with Crippen molar-refractivity contribution in [1.82, 2.24) is 14.7 Å². The maximum absolute atomic E-state index is 11.9. The Balaban J connectivity index is 0.00000200. The molecule has 0 aromatic carbocycles. The normalized spacial score (nSPS) is 19.2. The minimum atomic E-state index is -0.0990. The molecule has 1 unspecified atom stereocenters. The van der Waals surface area contributed by atoms with Crippen molar-refractivity contribution in [3.05, 3.63) is 5.82 Å². The number of nitrogens with zero attached hydrogens (tertiary/aromatic N) is 2. The van der Waals surface area contributed by atoms with Crippen molar-refractivity contribution in [2.75, 3.05) is 25.1 Å². The van der Waals surface area contributed by atoms with E-state index in [1.165, 1.54) is 11.5 Å². The number of aromatic nitrogens is 2. The fourth-order valence-electron chi connectivity index (χ4n) is 1.72. The second kappa shape index (κ2) is 7.31. The van der Waals surface area contributed by atoms with Gasteiger partial charge >= 0.3 is 0 Å². The Morgan fingerprint density at radius 3 is 2.85 bits per heavy atom. The first-order chi connectivity index (χ1) is 8.95. The number of hydrogen-bond donors (Lipinski definition) is 2. The average molecular weight is 321 g/mol. The number of morpholine rings is 1. The van der Waals surface area contributed by atoms with E-state index >= 15 is 0 Å². The summed E-state index contributed by atoms with van der Waals surface area (Å²) in [6.45, 7) is 8.23. The van der Waals surface area contributed by atoms with E-state index in [2.05, 4.69) is 20.0 Å². The Labute approximate surface area is 129 Å². The van der Waals surface area contributed by atoms with Gasteiger partial charge in [0.1, 0.15) is 5.82 Å². The topological polar surface area (TPSA) is 76.1 Å². The molecule has 1 fully saturated rings. The summed E-state index contributed by atoms with van der Waals surface area (Å²) in [6.07, 6.45) is 0.393. The molecule has 0 radical (unpaired) electrons. The minimum Gasteiger partial charge on any atom is -0.378 e. The highest BCUT2D eigenvalue weighted by Crippen LogP contribution is 2.22. The zero-order chi connectivity index (χ0) is 13.9.